The van der Waals surface area contributed by atoms with E-state index in [-0.39, 0.29) is 16.7 Å². The number of hydrogen-bond donors (Lipinski definition) is 2. The van der Waals surface area contributed by atoms with Crippen LogP contribution in [0.25, 0.3) is 0 Å². The zero-order chi connectivity index (χ0) is 14.5. The molecule has 0 spiro atoms. The van der Waals surface area contributed by atoms with Crippen molar-refractivity contribution in [2.24, 2.45) is 11.7 Å². The van der Waals surface area contributed by atoms with Crippen LogP contribution in [0.2, 0.25) is 0 Å². The second-order valence-corrected chi connectivity index (χ2v) is 5.47. The molecule has 0 aromatic carbocycles. The van der Waals surface area contributed by atoms with Gasteiger partial charge in [0.2, 0.25) is 5.82 Å². The largest absolute Gasteiger partial charge is 0.360 e. The van der Waals surface area contributed by atoms with Gasteiger partial charge in [-0.3, -0.25) is 10.1 Å². The lowest BCUT2D eigenvalue weighted by Gasteiger charge is -2.30. The summed E-state index contributed by atoms with van der Waals surface area (Å²) in [5.41, 5.74) is 6.53. The van der Waals surface area contributed by atoms with Gasteiger partial charge in [-0.2, -0.15) is 0 Å². The molecule has 6 nitrogen and oxygen atoms in total. The average Bonchev–Trinajstić information content (AvgIpc) is 2.45. The number of anilines is 1. The molecule has 3 N–H and O–H groups in total. The van der Waals surface area contributed by atoms with Gasteiger partial charge in [0.15, 0.2) is 0 Å². The Labute approximate surface area is 118 Å². The van der Waals surface area contributed by atoms with Crippen LogP contribution in [0.3, 0.4) is 0 Å². The van der Waals surface area contributed by atoms with E-state index in [9.17, 15) is 10.1 Å². The fraction of sp³-hybridized carbons (Fsp3) is 0.643. The third-order valence-corrected chi connectivity index (χ3v) is 4.10. The lowest BCUT2D eigenvalue weighted by Crippen LogP contribution is -2.37. The summed E-state index contributed by atoms with van der Waals surface area (Å²) in [5.74, 6) is 0.826. The molecular formula is C14H22N4O2. The van der Waals surface area contributed by atoms with Crippen molar-refractivity contribution in [1.29, 1.82) is 0 Å². The summed E-state index contributed by atoms with van der Waals surface area (Å²) >= 11 is 0. The summed E-state index contributed by atoms with van der Waals surface area (Å²) in [5, 5.41) is 14.4. The van der Waals surface area contributed by atoms with Gasteiger partial charge >= 0.3 is 5.69 Å². The van der Waals surface area contributed by atoms with E-state index in [1.54, 1.807) is 19.2 Å². The lowest BCUT2D eigenvalue weighted by atomic mass is 9.84. The molecular weight excluding hydrogens is 256 g/mol. The summed E-state index contributed by atoms with van der Waals surface area (Å²) in [4.78, 5) is 14.9. The highest BCUT2D eigenvalue weighted by Crippen LogP contribution is 2.31. The summed E-state index contributed by atoms with van der Waals surface area (Å²) in [6.45, 7) is 2.19. The Hall–Kier alpha value is -1.69. The van der Waals surface area contributed by atoms with Crippen LogP contribution in [-0.2, 0) is 0 Å². The fourth-order valence-corrected chi connectivity index (χ4v) is 2.97. The Morgan fingerprint density at radius 1 is 1.50 bits per heavy atom. The van der Waals surface area contributed by atoms with E-state index in [1.165, 1.54) is 19.3 Å². The first-order valence-corrected chi connectivity index (χ1v) is 7.20. The molecule has 0 saturated heterocycles. The Kier molecular flexibility index (Phi) is 4.89. The van der Waals surface area contributed by atoms with Gasteiger partial charge in [0.1, 0.15) is 0 Å². The second-order valence-electron chi connectivity index (χ2n) is 5.47. The Balaban J connectivity index is 2.18. The Bertz CT molecular complexity index is 472. The first kappa shape index (κ1) is 14.7. The van der Waals surface area contributed by atoms with Crippen LogP contribution in [0.5, 0.6) is 0 Å². The third-order valence-electron chi connectivity index (χ3n) is 4.10. The monoisotopic (exact) mass is 278 g/mol. The van der Waals surface area contributed by atoms with Gasteiger partial charge in [-0.25, -0.2) is 4.98 Å². The van der Waals surface area contributed by atoms with Gasteiger partial charge in [0.05, 0.1) is 4.92 Å². The van der Waals surface area contributed by atoms with Crippen molar-refractivity contribution < 1.29 is 4.92 Å². The summed E-state index contributed by atoms with van der Waals surface area (Å²) in [7, 11) is 0. The van der Waals surface area contributed by atoms with Crippen LogP contribution in [0.1, 0.15) is 37.7 Å². The minimum Gasteiger partial charge on any atom is -0.360 e. The Morgan fingerprint density at radius 2 is 2.20 bits per heavy atom. The number of aromatic nitrogens is 1. The van der Waals surface area contributed by atoms with Crippen molar-refractivity contribution >= 4 is 11.5 Å². The van der Waals surface area contributed by atoms with Crippen molar-refractivity contribution in [2.45, 2.75) is 45.1 Å². The fourth-order valence-electron chi connectivity index (χ4n) is 2.97. The zero-order valence-electron chi connectivity index (χ0n) is 11.8. The van der Waals surface area contributed by atoms with Gasteiger partial charge in [0, 0.05) is 24.3 Å². The summed E-state index contributed by atoms with van der Waals surface area (Å²) in [6.07, 6.45) is 7.57. The van der Waals surface area contributed by atoms with Gasteiger partial charge in [-0.1, -0.05) is 19.3 Å². The maximum Gasteiger partial charge on any atom is 0.314 e. The molecule has 1 fully saturated rings. The highest BCUT2D eigenvalue weighted by atomic mass is 16.6. The number of aryl methyl sites for hydroxylation is 1. The van der Waals surface area contributed by atoms with Crippen LogP contribution in [0.15, 0.2) is 12.3 Å². The molecule has 6 heteroatoms. The second kappa shape index (κ2) is 6.65. The van der Waals surface area contributed by atoms with Crippen LogP contribution in [0, 0.1) is 23.0 Å². The van der Waals surface area contributed by atoms with E-state index >= 15 is 0 Å². The SMILES string of the molecule is Cc1ccnc(NC(CN)C2CCCCC2)c1[N+](=O)[O-]. The molecule has 1 heterocycles. The molecule has 0 amide bonds. The molecule has 1 aromatic heterocycles. The highest BCUT2D eigenvalue weighted by Gasteiger charge is 2.26. The number of nitrogens with two attached hydrogens (primary N) is 1. The maximum atomic E-state index is 11.2. The van der Waals surface area contributed by atoms with Crippen LogP contribution >= 0.6 is 0 Å². The van der Waals surface area contributed by atoms with Gasteiger partial charge in [-0.05, 0) is 31.7 Å². The van der Waals surface area contributed by atoms with Crippen molar-refractivity contribution in [3.63, 3.8) is 0 Å². The molecule has 1 saturated carbocycles. The number of rotatable bonds is 5. The van der Waals surface area contributed by atoms with E-state index in [4.69, 9.17) is 5.73 Å². The molecule has 1 aliphatic rings. The number of nitrogens with one attached hydrogen (secondary N) is 1. The predicted molar refractivity (Wildman–Crippen MR) is 78.7 cm³/mol. The van der Waals surface area contributed by atoms with Gasteiger partial charge < -0.3 is 11.1 Å². The standard InChI is InChI=1S/C14H22N4O2/c1-10-7-8-16-14(13(10)18(19)20)17-12(9-15)11-5-3-2-4-6-11/h7-8,11-12H,2-6,9,15H2,1H3,(H,16,17). The predicted octanol–water partition coefficient (Wildman–Crippen LogP) is 2.62. The Morgan fingerprint density at radius 3 is 2.80 bits per heavy atom. The van der Waals surface area contributed by atoms with E-state index in [1.807, 2.05) is 0 Å². The molecule has 110 valence electrons. The van der Waals surface area contributed by atoms with Gasteiger partial charge in [-0.15, -0.1) is 0 Å². The topological polar surface area (TPSA) is 94.1 Å². The summed E-state index contributed by atoms with van der Waals surface area (Å²) < 4.78 is 0. The maximum absolute atomic E-state index is 11.2. The third kappa shape index (κ3) is 3.25. The molecule has 0 bridgehead atoms. The summed E-state index contributed by atoms with van der Waals surface area (Å²) in [6, 6.07) is 1.71. The lowest BCUT2D eigenvalue weighted by molar-refractivity contribution is -0.384. The van der Waals surface area contributed by atoms with Gasteiger partial charge in [0.25, 0.3) is 0 Å². The zero-order valence-corrected chi connectivity index (χ0v) is 11.8. The van der Waals surface area contributed by atoms with E-state index in [0.29, 0.717) is 23.8 Å². The molecule has 1 aliphatic carbocycles. The average molecular weight is 278 g/mol. The van der Waals surface area contributed by atoms with Crippen molar-refractivity contribution in [3.05, 3.63) is 27.9 Å². The molecule has 0 aliphatic heterocycles. The van der Waals surface area contributed by atoms with E-state index in [0.717, 1.165) is 12.8 Å². The van der Waals surface area contributed by atoms with Crippen LogP contribution in [-0.4, -0.2) is 22.5 Å². The highest BCUT2D eigenvalue weighted by molar-refractivity contribution is 5.60. The van der Waals surface area contributed by atoms with Crippen molar-refractivity contribution in [3.8, 4) is 0 Å². The molecule has 2 rings (SSSR count). The minimum absolute atomic E-state index is 0.0572. The van der Waals surface area contributed by atoms with Crippen LogP contribution in [0.4, 0.5) is 11.5 Å². The molecule has 1 atom stereocenters. The van der Waals surface area contributed by atoms with E-state index < -0.39 is 0 Å². The minimum atomic E-state index is -0.376. The van der Waals surface area contributed by atoms with Crippen LogP contribution < -0.4 is 11.1 Å². The molecule has 0 radical (unpaired) electrons. The normalized spacial score (nSPS) is 17.7. The molecule has 1 aromatic rings. The smallest absolute Gasteiger partial charge is 0.314 e. The quantitative estimate of drug-likeness (QED) is 0.637. The first-order valence-electron chi connectivity index (χ1n) is 7.20. The van der Waals surface area contributed by atoms with Crippen molar-refractivity contribution in [1.82, 2.24) is 4.98 Å². The number of hydrogen-bond acceptors (Lipinski definition) is 5. The number of nitrogens with zero attached hydrogens (tertiary/aromatic N) is 2. The number of nitro groups is 1. The first-order chi connectivity index (χ1) is 9.63. The van der Waals surface area contributed by atoms with E-state index in [2.05, 4.69) is 10.3 Å². The van der Waals surface area contributed by atoms with Crippen molar-refractivity contribution in [2.75, 3.05) is 11.9 Å². The number of pyridine rings is 1. The molecule has 1 unspecified atom stereocenters. The molecule has 20 heavy (non-hydrogen) atoms.